The van der Waals surface area contributed by atoms with Crippen LogP contribution in [0.3, 0.4) is 0 Å². The molecule has 0 spiro atoms. The van der Waals surface area contributed by atoms with Crippen molar-refractivity contribution in [3.05, 3.63) is 15.9 Å². The summed E-state index contributed by atoms with van der Waals surface area (Å²) in [4.78, 5) is 0. The summed E-state index contributed by atoms with van der Waals surface area (Å²) in [7, 11) is 2.08. The Labute approximate surface area is 125 Å². The first kappa shape index (κ1) is 15.0. The van der Waals surface area contributed by atoms with Gasteiger partial charge in [0.2, 0.25) is 0 Å². The summed E-state index contributed by atoms with van der Waals surface area (Å²) in [6.07, 6.45) is 6.00. The van der Waals surface area contributed by atoms with Crippen molar-refractivity contribution in [2.24, 2.45) is 5.41 Å². The molecule has 1 aliphatic rings. The first-order valence-corrected chi connectivity index (χ1v) is 8.23. The Morgan fingerprint density at radius 1 is 1.47 bits per heavy atom. The molecule has 4 heteroatoms. The van der Waals surface area contributed by atoms with E-state index in [1.54, 1.807) is 0 Å². The number of nitrogens with zero attached hydrogens (tertiary/aromatic N) is 2. The zero-order valence-electron chi connectivity index (χ0n) is 12.6. The minimum atomic E-state index is 0.411. The summed E-state index contributed by atoms with van der Waals surface area (Å²) in [5, 5.41) is 8.14. The van der Waals surface area contributed by atoms with Crippen molar-refractivity contribution < 1.29 is 0 Å². The van der Waals surface area contributed by atoms with Crippen LogP contribution in [0.25, 0.3) is 0 Å². The van der Waals surface area contributed by atoms with E-state index in [-0.39, 0.29) is 0 Å². The van der Waals surface area contributed by atoms with Gasteiger partial charge in [-0.3, -0.25) is 4.68 Å². The van der Waals surface area contributed by atoms with Gasteiger partial charge in [-0.05, 0) is 67.4 Å². The number of hydrogen-bond acceptors (Lipinski definition) is 2. The molecular weight excluding hydrogens is 302 g/mol. The first-order valence-electron chi connectivity index (χ1n) is 7.44. The second-order valence-electron chi connectivity index (χ2n) is 6.09. The number of nitrogens with one attached hydrogen (secondary N) is 1. The Kier molecular flexibility index (Phi) is 4.72. The Morgan fingerprint density at radius 3 is 2.74 bits per heavy atom. The van der Waals surface area contributed by atoms with Gasteiger partial charge in [-0.1, -0.05) is 13.8 Å². The van der Waals surface area contributed by atoms with Gasteiger partial charge in [-0.2, -0.15) is 5.10 Å². The molecule has 1 aromatic heterocycles. The van der Waals surface area contributed by atoms with Crippen LogP contribution in [0.2, 0.25) is 0 Å². The highest BCUT2D eigenvalue weighted by Crippen LogP contribution is 2.42. The van der Waals surface area contributed by atoms with E-state index in [4.69, 9.17) is 5.10 Å². The monoisotopic (exact) mass is 327 g/mol. The maximum Gasteiger partial charge on any atom is 0.0766 e. The summed E-state index contributed by atoms with van der Waals surface area (Å²) in [6.45, 7) is 7.73. The SMILES string of the molecule is CCc1nn(CC)c(CC2(C)CCC(NC)C2)c1Br. The molecule has 0 bridgehead atoms. The van der Waals surface area contributed by atoms with Crippen molar-refractivity contribution in [2.75, 3.05) is 7.05 Å². The zero-order chi connectivity index (χ0) is 14.0. The lowest BCUT2D eigenvalue weighted by atomic mass is 9.83. The quantitative estimate of drug-likeness (QED) is 0.896. The molecule has 0 radical (unpaired) electrons. The smallest absolute Gasteiger partial charge is 0.0766 e. The van der Waals surface area contributed by atoms with Gasteiger partial charge in [0.1, 0.15) is 0 Å². The van der Waals surface area contributed by atoms with Gasteiger partial charge in [-0.15, -0.1) is 0 Å². The van der Waals surface area contributed by atoms with E-state index < -0.39 is 0 Å². The molecule has 108 valence electrons. The third-order valence-corrected chi connectivity index (χ3v) is 5.45. The molecular formula is C15H26BrN3. The summed E-state index contributed by atoms with van der Waals surface area (Å²) in [5.41, 5.74) is 3.00. The summed E-state index contributed by atoms with van der Waals surface area (Å²) >= 11 is 3.77. The largest absolute Gasteiger partial charge is 0.317 e. The van der Waals surface area contributed by atoms with E-state index in [0.29, 0.717) is 11.5 Å². The van der Waals surface area contributed by atoms with Crippen molar-refractivity contribution in [1.29, 1.82) is 0 Å². The Morgan fingerprint density at radius 2 is 2.21 bits per heavy atom. The lowest BCUT2D eigenvalue weighted by molar-refractivity contribution is 0.314. The van der Waals surface area contributed by atoms with Crippen LogP contribution in [0.5, 0.6) is 0 Å². The van der Waals surface area contributed by atoms with Crippen LogP contribution in [-0.4, -0.2) is 22.9 Å². The highest BCUT2D eigenvalue weighted by Gasteiger charge is 2.36. The highest BCUT2D eigenvalue weighted by atomic mass is 79.9. The van der Waals surface area contributed by atoms with Crippen LogP contribution < -0.4 is 5.32 Å². The summed E-state index contributed by atoms with van der Waals surface area (Å²) in [6, 6.07) is 0.687. The normalized spacial score (nSPS) is 27.1. The third-order valence-electron chi connectivity index (χ3n) is 4.53. The molecule has 2 atom stereocenters. The second-order valence-corrected chi connectivity index (χ2v) is 6.89. The van der Waals surface area contributed by atoms with Crippen LogP contribution in [0.15, 0.2) is 4.47 Å². The molecule has 0 aliphatic heterocycles. The van der Waals surface area contributed by atoms with Gasteiger partial charge in [0.25, 0.3) is 0 Å². The van der Waals surface area contributed by atoms with Gasteiger partial charge in [0, 0.05) is 12.6 Å². The van der Waals surface area contributed by atoms with Gasteiger partial charge in [0.15, 0.2) is 0 Å². The standard InChI is InChI=1S/C15H26BrN3/c1-5-12-14(16)13(19(6-2)18-12)10-15(3)8-7-11(9-15)17-4/h11,17H,5-10H2,1-4H3. The molecule has 19 heavy (non-hydrogen) atoms. The number of hydrogen-bond donors (Lipinski definition) is 1. The zero-order valence-corrected chi connectivity index (χ0v) is 14.2. The van der Waals surface area contributed by atoms with E-state index in [1.807, 2.05) is 0 Å². The molecule has 2 rings (SSSR count). The van der Waals surface area contributed by atoms with Crippen LogP contribution in [0, 0.1) is 5.41 Å². The fraction of sp³-hybridized carbons (Fsp3) is 0.800. The first-order chi connectivity index (χ1) is 9.03. The van der Waals surface area contributed by atoms with Crippen molar-refractivity contribution in [3.8, 4) is 0 Å². The molecule has 2 unspecified atom stereocenters. The molecule has 1 aromatic rings. The van der Waals surface area contributed by atoms with Crippen LogP contribution >= 0.6 is 15.9 Å². The summed E-state index contributed by atoms with van der Waals surface area (Å²) in [5.74, 6) is 0. The number of rotatable bonds is 5. The minimum Gasteiger partial charge on any atom is -0.317 e. The van der Waals surface area contributed by atoms with E-state index in [2.05, 4.69) is 53.7 Å². The van der Waals surface area contributed by atoms with Crippen molar-refractivity contribution in [1.82, 2.24) is 15.1 Å². The van der Waals surface area contributed by atoms with Gasteiger partial charge in [-0.25, -0.2) is 0 Å². The van der Waals surface area contributed by atoms with E-state index in [0.717, 1.165) is 19.4 Å². The average molecular weight is 328 g/mol. The molecule has 0 aromatic carbocycles. The molecule has 3 nitrogen and oxygen atoms in total. The van der Waals surface area contributed by atoms with E-state index in [1.165, 1.54) is 35.1 Å². The molecule has 1 N–H and O–H groups in total. The van der Waals surface area contributed by atoms with Crippen molar-refractivity contribution in [2.45, 2.75) is 65.5 Å². The number of aromatic nitrogens is 2. The van der Waals surface area contributed by atoms with Crippen LogP contribution in [0.1, 0.15) is 51.4 Å². The molecule has 1 heterocycles. The molecule has 1 aliphatic carbocycles. The lowest BCUT2D eigenvalue weighted by Crippen LogP contribution is -2.25. The van der Waals surface area contributed by atoms with Crippen LogP contribution in [-0.2, 0) is 19.4 Å². The highest BCUT2D eigenvalue weighted by molar-refractivity contribution is 9.10. The molecule has 0 amide bonds. The number of aryl methyl sites for hydroxylation is 2. The predicted molar refractivity (Wildman–Crippen MR) is 83.5 cm³/mol. The van der Waals surface area contributed by atoms with E-state index in [9.17, 15) is 0 Å². The Balaban J connectivity index is 2.21. The summed E-state index contributed by atoms with van der Waals surface area (Å²) < 4.78 is 3.42. The lowest BCUT2D eigenvalue weighted by Gasteiger charge is -2.24. The van der Waals surface area contributed by atoms with E-state index >= 15 is 0 Å². The minimum absolute atomic E-state index is 0.411. The Hall–Kier alpha value is -0.350. The maximum absolute atomic E-state index is 4.71. The Bertz CT molecular complexity index is 441. The fourth-order valence-electron chi connectivity index (χ4n) is 3.32. The molecule has 0 saturated heterocycles. The molecule has 1 fully saturated rings. The van der Waals surface area contributed by atoms with Crippen LogP contribution in [0.4, 0.5) is 0 Å². The third kappa shape index (κ3) is 3.05. The van der Waals surface area contributed by atoms with Crippen molar-refractivity contribution >= 4 is 15.9 Å². The topological polar surface area (TPSA) is 29.9 Å². The fourth-order valence-corrected chi connectivity index (χ4v) is 4.02. The van der Waals surface area contributed by atoms with Gasteiger partial charge in [0.05, 0.1) is 15.9 Å². The van der Waals surface area contributed by atoms with Crippen molar-refractivity contribution in [3.63, 3.8) is 0 Å². The molecule has 1 saturated carbocycles. The van der Waals surface area contributed by atoms with Gasteiger partial charge >= 0.3 is 0 Å². The van der Waals surface area contributed by atoms with Gasteiger partial charge < -0.3 is 5.32 Å². The maximum atomic E-state index is 4.71. The second kappa shape index (κ2) is 5.96. The average Bonchev–Trinajstić information content (AvgIpc) is 2.92. The number of halogens is 1. The predicted octanol–water partition coefficient (Wildman–Crippen LogP) is 3.55.